The highest BCUT2D eigenvalue weighted by molar-refractivity contribution is 5.81. The van der Waals surface area contributed by atoms with Crippen LogP contribution in [0.3, 0.4) is 0 Å². The molecule has 0 aliphatic carbocycles. The lowest BCUT2D eigenvalue weighted by Crippen LogP contribution is -2.45. The smallest absolute Gasteiger partial charge is 0.242 e. The third kappa shape index (κ3) is 2.55. The van der Waals surface area contributed by atoms with Gasteiger partial charge in [-0.05, 0) is 25.1 Å². The van der Waals surface area contributed by atoms with Gasteiger partial charge in [-0.3, -0.25) is 14.8 Å². The molecule has 2 rings (SSSR count). The second-order valence-corrected chi connectivity index (χ2v) is 4.31. The molecule has 1 heterocycles. The van der Waals surface area contributed by atoms with Crippen molar-refractivity contribution in [2.45, 2.75) is 19.4 Å². The number of nitrogens with zero attached hydrogens (tertiary/aromatic N) is 2. The first kappa shape index (κ1) is 11.9. The molecule has 1 aliphatic rings. The molecule has 4 nitrogen and oxygen atoms in total. The predicted octanol–water partition coefficient (Wildman–Crippen LogP) is 1.13. The van der Waals surface area contributed by atoms with E-state index >= 15 is 0 Å². The second-order valence-electron chi connectivity index (χ2n) is 4.31. The summed E-state index contributed by atoms with van der Waals surface area (Å²) in [4.78, 5) is 11.7. The topological polar surface area (TPSA) is 49.6 Å². The first-order chi connectivity index (χ1) is 8.08. The molecule has 0 bridgehead atoms. The van der Waals surface area contributed by atoms with Crippen molar-refractivity contribution >= 4 is 11.6 Å². The van der Waals surface area contributed by atoms with Crippen molar-refractivity contribution in [2.75, 3.05) is 18.1 Å². The van der Waals surface area contributed by atoms with E-state index in [0.29, 0.717) is 25.2 Å². The molecule has 5 heteroatoms. The number of nitrogens with two attached hydrogens (primary N) is 1. The van der Waals surface area contributed by atoms with Gasteiger partial charge in [-0.25, -0.2) is 4.39 Å². The number of hydrogen-bond acceptors (Lipinski definition) is 3. The summed E-state index contributed by atoms with van der Waals surface area (Å²) < 4.78 is 13.2. The number of carbonyl (C=O) groups is 1. The average molecular weight is 237 g/mol. The molecule has 1 aromatic carbocycles. The van der Waals surface area contributed by atoms with Gasteiger partial charge in [0.05, 0.1) is 12.2 Å². The van der Waals surface area contributed by atoms with E-state index in [1.54, 1.807) is 22.2 Å². The maximum absolute atomic E-state index is 13.2. The molecular formula is C12H16FN3O. The van der Waals surface area contributed by atoms with Gasteiger partial charge in [0.1, 0.15) is 5.82 Å². The summed E-state index contributed by atoms with van der Waals surface area (Å²) in [6, 6.07) is 6.13. The molecule has 0 aromatic heterocycles. The summed E-state index contributed by atoms with van der Waals surface area (Å²) in [7, 11) is 0. The van der Waals surface area contributed by atoms with E-state index in [-0.39, 0.29) is 17.8 Å². The monoisotopic (exact) mass is 237 g/mol. The minimum atomic E-state index is -0.303. The highest BCUT2D eigenvalue weighted by atomic mass is 19.1. The maximum Gasteiger partial charge on any atom is 0.242 e. The van der Waals surface area contributed by atoms with Crippen LogP contribution in [0.25, 0.3) is 0 Å². The predicted molar refractivity (Wildman–Crippen MR) is 63.7 cm³/mol. The van der Waals surface area contributed by atoms with E-state index in [9.17, 15) is 9.18 Å². The van der Waals surface area contributed by atoms with Gasteiger partial charge in [-0.1, -0.05) is 6.07 Å². The normalized spacial score (nSPS) is 17.7. The molecule has 2 N–H and O–H groups in total. The van der Waals surface area contributed by atoms with Gasteiger partial charge in [-0.15, -0.1) is 0 Å². The van der Waals surface area contributed by atoms with Crippen molar-refractivity contribution in [1.82, 2.24) is 5.01 Å². The van der Waals surface area contributed by atoms with E-state index in [1.165, 1.54) is 12.1 Å². The van der Waals surface area contributed by atoms with Crippen LogP contribution in [0.1, 0.15) is 13.3 Å². The van der Waals surface area contributed by atoms with Gasteiger partial charge < -0.3 is 5.73 Å². The summed E-state index contributed by atoms with van der Waals surface area (Å²) in [6.45, 7) is 2.87. The van der Waals surface area contributed by atoms with Gasteiger partial charge in [0.2, 0.25) is 5.91 Å². The second kappa shape index (κ2) is 4.71. The first-order valence-corrected chi connectivity index (χ1v) is 5.67. The molecule has 1 amide bonds. The van der Waals surface area contributed by atoms with Crippen LogP contribution in [0.2, 0.25) is 0 Å². The number of carbonyl (C=O) groups excluding carboxylic acids is 1. The van der Waals surface area contributed by atoms with E-state index in [4.69, 9.17) is 5.73 Å². The van der Waals surface area contributed by atoms with Crippen LogP contribution in [-0.2, 0) is 4.79 Å². The summed E-state index contributed by atoms with van der Waals surface area (Å²) in [5.74, 6) is -0.269. The Morgan fingerprint density at radius 3 is 2.94 bits per heavy atom. The number of rotatable bonds is 3. The Morgan fingerprint density at radius 1 is 1.53 bits per heavy atom. The van der Waals surface area contributed by atoms with Crippen LogP contribution in [0.5, 0.6) is 0 Å². The molecule has 1 fully saturated rings. The van der Waals surface area contributed by atoms with Gasteiger partial charge in [0.15, 0.2) is 0 Å². The highest BCUT2D eigenvalue weighted by Gasteiger charge is 2.29. The Bertz CT molecular complexity index is 422. The quantitative estimate of drug-likeness (QED) is 0.857. The summed E-state index contributed by atoms with van der Waals surface area (Å²) >= 11 is 0. The first-order valence-electron chi connectivity index (χ1n) is 5.67. The summed E-state index contributed by atoms with van der Waals surface area (Å²) in [5, 5.41) is 3.38. The highest BCUT2D eigenvalue weighted by Crippen LogP contribution is 2.23. The molecule has 17 heavy (non-hydrogen) atoms. The van der Waals surface area contributed by atoms with Crippen LogP contribution in [-0.4, -0.2) is 30.0 Å². The van der Waals surface area contributed by atoms with Gasteiger partial charge in [0.25, 0.3) is 0 Å². The fraction of sp³-hybridized carbons (Fsp3) is 0.417. The average Bonchev–Trinajstić information content (AvgIpc) is 2.60. The molecule has 1 unspecified atom stereocenters. The molecule has 0 spiro atoms. The van der Waals surface area contributed by atoms with Crippen LogP contribution in [0, 0.1) is 5.82 Å². The molecule has 1 saturated heterocycles. The molecule has 0 saturated carbocycles. The summed E-state index contributed by atoms with van der Waals surface area (Å²) in [6.07, 6.45) is 0.448. The number of hydrazine groups is 1. The summed E-state index contributed by atoms with van der Waals surface area (Å²) in [5.41, 5.74) is 6.40. The van der Waals surface area contributed by atoms with Crippen LogP contribution in [0.15, 0.2) is 24.3 Å². The fourth-order valence-electron chi connectivity index (χ4n) is 1.96. The number of benzene rings is 1. The van der Waals surface area contributed by atoms with Crippen molar-refractivity contribution in [3.8, 4) is 0 Å². The minimum Gasteiger partial charge on any atom is -0.326 e. The van der Waals surface area contributed by atoms with Gasteiger partial charge in [-0.2, -0.15) is 0 Å². The number of anilines is 1. The zero-order valence-corrected chi connectivity index (χ0v) is 9.77. The van der Waals surface area contributed by atoms with Crippen molar-refractivity contribution in [1.29, 1.82) is 0 Å². The van der Waals surface area contributed by atoms with E-state index in [2.05, 4.69) is 0 Å². The van der Waals surface area contributed by atoms with Crippen molar-refractivity contribution in [3.63, 3.8) is 0 Å². The Balaban J connectivity index is 2.22. The zero-order chi connectivity index (χ0) is 12.4. The molecule has 1 aliphatic heterocycles. The lowest BCUT2D eigenvalue weighted by atomic mass is 10.3. The van der Waals surface area contributed by atoms with Crippen molar-refractivity contribution < 1.29 is 9.18 Å². The van der Waals surface area contributed by atoms with Crippen molar-refractivity contribution in [2.24, 2.45) is 5.73 Å². The molecule has 1 atom stereocenters. The Labute approximate surface area is 99.8 Å². The molecule has 1 aromatic rings. The number of amides is 1. The number of hydrogen-bond donors (Lipinski definition) is 1. The fourth-order valence-corrected chi connectivity index (χ4v) is 1.96. The third-order valence-corrected chi connectivity index (χ3v) is 2.68. The maximum atomic E-state index is 13.2. The van der Waals surface area contributed by atoms with E-state index < -0.39 is 0 Å². The van der Waals surface area contributed by atoms with E-state index in [0.717, 1.165) is 0 Å². The largest absolute Gasteiger partial charge is 0.326 e. The standard InChI is InChI=1S/C12H16FN3O/c1-9(14)8-16-12(17)5-6-15(16)11-4-2-3-10(13)7-11/h2-4,7,9H,5-6,8,14H2,1H3. The molecule has 0 radical (unpaired) electrons. The third-order valence-electron chi connectivity index (χ3n) is 2.68. The van der Waals surface area contributed by atoms with Crippen molar-refractivity contribution in [3.05, 3.63) is 30.1 Å². The van der Waals surface area contributed by atoms with Crippen LogP contribution >= 0.6 is 0 Å². The van der Waals surface area contributed by atoms with Gasteiger partial charge in [0, 0.05) is 19.0 Å². The Morgan fingerprint density at radius 2 is 2.29 bits per heavy atom. The van der Waals surface area contributed by atoms with Crippen LogP contribution < -0.4 is 10.7 Å². The SMILES string of the molecule is CC(N)CN1C(=O)CCN1c1cccc(F)c1. The molecular weight excluding hydrogens is 221 g/mol. The lowest BCUT2D eigenvalue weighted by Gasteiger charge is -2.30. The molecule has 92 valence electrons. The Hall–Kier alpha value is -1.62. The minimum absolute atomic E-state index is 0.0339. The lowest BCUT2D eigenvalue weighted by molar-refractivity contribution is -0.128. The number of halogens is 1. The van der Waals surface area contributed by atoms with Gasteiger partial charge >= 0.3 is 0 Å². The van der Waals surface area contributed by atoms with E-state index in [1.807, 2.05) is 6.92 Å². The zero-order valence-electron chi connectivity index (χ0n) is 9.77. The van der Waals surface area contributed by atoms with Crippen LogP contribution in [0.4, 0.5) is 10.1 Å². The Kier molecular flexibility index (Phi) is 3.28.